The summed E-state index contributed by atoms with van der Waals surface area (Å²) >= 11 is 0. The van der Waals surface area contributed by atoms with Crippen molar-refractivity contribution in [1.29, 1.82) is 0 Å². The fraction of sp³-hybridized carbons (Fsp3) is 0.286. The Labute approximate surface area is 108 Å². The zero-order valence-electron chi connectivity index (χ0n) is 11.0. The molecule has 0 saturated carbocycles. The van der Waals surface area contributed by atoms with E-state index >= 15 is 0 Å². The van der Waals surface area contributed by atoms with Crippen molar-refractivity contribution in [1.82, 2.24) is 5.01 Å². The summed E-state index contributed by atoms with van der Waals surface area (Å²) in [6.07, 6.45) is 3.37. The van der Waals surface area contributed by atoms with Crippen LogP contribution in [0.4, 0.5) is 0 Å². The van der Waals surface area contributed by atoms with Gasteiger partial charge in [0.05, 0.1) is 18.4 Å². The molecule has 1 rings (SSSR count). The maximum absolute atomic E-state index is 11.4. The summed E-state index contributed by atoms with van der Waals surface area (Å²) < 4.78 is 4.88. The van der Waals surface area contributed by atoms with Gasteiger partial charge in [0.25, 0.3) is 0 Å². The molecule has 0 aliphatic rings. The quantitative estimate of drug-likeness (QED) is 0.347. The standard InChI is InChI=1S/C14H18N2O2/c1-4-18-14(17)12(2)11-16(3)15-10-13-8-6-5-7-9-13/h5-11H,4H2,1-3H3. The maximum Gasteiger partial charge on any atom is 0.335 e. The molecule has 4 heteroatoms. The van der Waals surface area contributed by atoms with Crippen LogP contribution in [-0.4, -0.2) is 30.8 Å². The minimum Gasteiger partial charge on any atom is -0.463 e. The van der Waals surface area contributed by atoms with Gasteiger partial charge in [0.1, 0.15) is 0 Å². The fourth-order valence-electron chi connectivity index (χ4n) is 1.31. The number of carbonyl (C=O) groups excluding carboxylic acids is 1. The van der Waals surface area contributed by atoms with Crippen LogP contribution in [0.1, 0.15) is 19.4 Å². The number of carbonyl (C=O) groups is 1. The van der Waals surface area contributed by atoms with Crippen LogP contribution in [0.2, 0.25) is 0 Å². The molecule has 1 aromatic carbocycles. The molecule has 0 aromatic heterocycles. The molecule has 0 radical (unpaired) electrons. The van der Waals surface area contributed by atoms with Crippen molar-refractivity contribution in [2.75, 3.05) is 13.7 Å². The summed E-state index contributed by atoms with van der Waals surface area (Å²) in [4.78, 5) is 11.4. The van der Waals surface area contributed by atoms with Crippen molar-refractivity contribution in [3.8, 4) is 0 Å². The van der Waals surface area contributed by atoms with E-state index in [1.807, 2.05) is 30.3 Å². The zero-order chi connectivity index (χ0) is 13.4. The molecular weight excluding hydrogens is 228 g/mol. The van der Waals surface area contributed by atoms with Crippen LogP contribution >= 0.6 is 0 Å². The molecular formula is C14H18N2O2. The minimum absolute atomic E-state index is 0.320. The highest BCUT2D eigenvalue weighted by molar-refractivity contribution is 5.87. The van der Waals surface area contributed by atoms with Crippen LogP contribution in [0.3, 0.4) is 0 Å². The van der Waals surface area contributed by atoms with Crippen molar-refractivity contribution in [3.05, 3.63) is 47.7 Å². The molecule has 0 amide bonds. The number of hydrazone groups is 1. The van der Waals surface area contributed by atoms with Gasteiger partial charge in [-0.1, -0.05) is 30.3 Å². The largest absolute Gasteiger partial charge is 0.463 e. The van der Waals surface area contributed by atoms with Crippen LogP contribution < -0.4 is 0 Å². The summed E-state index contributed by atoms with van der Waals surface area (Å²) in [6.45, 7) is 3.86. The Morgan fingerprint density at radius 1 is 1.39 bits per heavy atom. The van der Waals surface area contributed by atoms with E-state index in [0.717, 1.165) is 5.56 Å². The van der Waals surface area contributed by atoms with E-state index in [1.165, 1.54) is 0 Å². The number of ether oxygens (including phenoxy) is 1. The first kappa shape index (κ1) is 14.0. The summed E-state index contributed by atoms with van der Waals surface area (Å²) in [5.74, 6) is -0.320. The Morgan fingerprint density at radius 3 is 2.67 bits per heavy atom. The Bertz CT molecular complexity index is 438. The lowest BCUT2D eigenvalue weighted by Crippen LogP contribution is -2.10. The Balaban J connectivity index is 2.61. The molecule has 96 valence electrons. The number of hydrogen-bond acceptors (Lipinski definition) is 4. The van der Waals surface area contributed by atoms with Gasteiger partial charge in [0, 0.05) is 13.2 Å². The molecule has 0 aliphatic carbocycles. The first-order valence-electron chi connectivity index (χ1n) is 5.81. The predicted octanol–water partition coefficient (Wildman–Crippen LogP) is 2.42. The van der Waals surface area contributed by atoms with Crippen molar-refractivity contribution < 1.29 is 9.53 Å². The molecule has 0 saturated heterocycles. The molecule has 0 bridgehead atoms. The number of nitrogens with zero attached hydrogens (tertiary/aromatic N) is 2. The predicted molar refractivity (Wildman–Crippen MR) is 72.2 cm³/mol. The minimum atomic E-state index is -0.320. The molecule has 0 unspecified atom stereocenters. The monoisotopic (exact) mass is 246 g/mol. The lowest BCUT2D eigenvalue weighted by molar-refractivity contribution is -0.138. The number of rotatable bonds is 5. The van der Waals surface area contributed by atoms with Crippen molar-refractivity contribution in [3.63, 3.8) is 0 Å². The van der Waals surface area contributed by atoms with Gasteiger partial charge in [0.15, 0.2) is 0 Å². The van der Waals surface area contributed by atoms with Crippen molar-refractivity contribution >= 4 is 12.2 Å². The first-order chi connectivity index (χ1) is 8.63. The summed E-state index contributed by atoms with van der Waals surface area (Å²) in [6, 6.07) is 9.76. The lowest BCUT2D eigenvalue weighted by Gasteiger charge is -2.08. The van der Waals surface area contributed by atoms with Crippen molar-refractivity contribution in [2.24, 2.45) is 5.10 Å². The maximum atomic E-state index is 11.4. The molecule has 0 heterocycles. The van der Waals surface area contributed by atoms with Crippen LogP contribution in [0.15, 0.2) is 47.2 Å². The van der Waals surface area contributed by atoms with Crippen LogP contribution in [0.5, 0.6) is 0 Å². The van der Waals surface area contributed by atoms with E-state index in [-0.39, 0.29) is 5.97 Å². The topological polar surface area (TPSA) is 41.9 Å². The number of benzene rings is 1. The lowest BCUT2D eigenvalue weighted by atomic mass is 10.2. The summed E-state index contributed by atoms with van der Waals surface area (Å²) in [5, 5.41) is 5.78. The second-order valence-electron chi connectivity index (χ2n) is 3.76. The molecule has 1 aromatic rings. The molecule has 18 heavy (non-hydrogen) atoms. The van der Waals surface area contributed by atoms with E-state index in [4.69, 9.17) is 4.74 Å². The van der Waals surface area contributed by atoms with Gasteiger partial charge >= 0.3 is 5.97 Å². The van der Waals surface area contributed by atoms with Crippen LogP contribution in [0.25, 0.3) is 0 Å². The van der Waals surface area contributed by atoms with Gasteiger partial charge in [-0.2, -0.15) is 5.10 Å². The highest BCUT2D eigenvalue weighted by atomic mass is 16.5. The fourth-order valence-corrected chi connectivity index (χ4v) is 1.31. The number of hydrogen-bond donors (Lipinski definition) is 0. The average molecular weight is 246 g/mol. The van der Waals surface area contributed by atoms with E-state index in [1.54, 1.807) is 38.3 Å². The Hall–Kier alpha value is -2.10. The van der Waals surface area contributed by atoms with Gasteiger partial charge in [-0.3, -0.25) is 5.01 Å². The average Bonchev–Trinajstić information content (AvgIpc) is 2.38. The van der Waals surface area contributed by atoms with Gasteiger partial charge in [0.2, 0.25) is 0 Å². The van der Waals surface area contributed by atoms with E-state index < -0.39 is 0 Å². The Kier molecular flexibility index (Phi) is 5.64. The highest BCUT2D eigenvalue weighted by Gasteiger charge is 2.04. The molecule has 0 aliphatic heterocycles. The first-order valence-corrected chi connectivity index (χ1v) is 5.81. The molecule has 0 N–H and O–H groups in total. The smallest absolute Gasteiger partial charge is 0.335 e. The molecule has 0 atom stereocenters. The van der Waals surface area contributed by atoms with Crippen LogP contribution in [-0.2, 0) is 9.53 Å². The van der Waals surface area contributed by atoms with Crippen molar-refractivity contribution in [2.45, 2.75) is 13.8 Å². The SMILES string of the molecule is CCOC(=O)C(C)=CN(C)N=Cc1ccccc1. The zero-order valence-corrected chi connectivity index (χ0v) is 11.0. The van der Waals surface area contributed by atoms with Gasteiger partial charge in [-0.05, 0) is 19.4 Å². The third-order valence-corrected chi connectivity index (χ3v) is 2.17. The second kappa shape index (κ2) is 7.27. The third kappa shape index (κ3) is 4.82. The van der Waals surface area contributed by atoms with Gasteiger partial charge in [-0.25, -0.2) is 4.79 Å². The van der Waals surface area contributed by atoms with E-state index in [2.05, 4.69) is 5.10 Å². The highest BCUT2D eigenvalue weighted by Crippen LogP contribution is 2.00. The van der Waals surface area contributed by atoms with Crippen LogP contribution in [0, 0.1) is 0 Å². The number of esters is 1. The molecule has 0 fully saturated rings. The van der Waals surface area contributed by atoms with Gasteiger partial charge < -0.3 is 4.74 Å². The summed E-state index contributed by atoms with van der Waals surface area (Å²) in [7, 11) is 1.77. The third-order valence-electron chi connectivity index (χ3n) is 2.17. The Morgan fingerprint density at radius 2 is 2.06 bits per heavy atom. The molecule has 0 spiro atoms. The molecule has 4 nitrogen and oxygen atoms in total. The normalized spacial score (nSPS) is 11.6. The van der Waals surface area contributed by atoms with E-state index in [9.17, 15) is 4.79 Å². The summed E-state index contributed by atoms with van der Waals surface area (Å²) in [5.41, 5.74) is 1.52. The second-order valence-corrected chi connectivity index (χ2v) is 3.76. The van der Waals surface area contributed by atoms with Gasteiger partial charge in [-0.15, -0.1) is 0 Å². The van der Waals surface area contributed by atoms with E-state index in [0.29, 0.717) is 12.2 Å².